The predicted octanol–water partition coefficient (Wildman–Crippen LogP) is 6.49. The number of benzene rings is 3. The molecule has 0 spiro atoms. The summed E-state index contributed by atoms with van der Waals surface area (Å²) in [6, 6.07) is 23.6. The van der Waals surface area contributed by atoms with Gasteiger partial charge in [-0.3, -0.25) is 4.79 Å². The van der Waals surface area contributed by atoms with E-state index >= 15 is 0 Å². The quantitative estimate of drug-likeness (QED) is 0.160. The molecule has 0 amide bonds. The molecule has 9 heteroatoms. The van der Waals surface area contributed by atoms with E-state index < -0.39 is 0 Å². The topological polar surface area (TPSA) is 83.5 Å². The smallest absolute Gasteiger partial charge is 0.291 e. The van der Waals surface area contributed by atoms with Crippen LogP contribution in [0, 0.1) is 6.92 Å². The van der Waals surface area contributed by atoms with E-state index in [-0.39, 0.29) is 5.56 Å². The predicted molar refractivity (Wildman–Crippen MR) is 171 cm³/mol. The molecule has 0 fully saturated rings. The third-order valence-electron chi connectivity index (χ3n) is 7.28. The first kappa shape index (κ1) is 28.4. The van der Waals surface area contributed by atoms with Crippen LogP contribution in [0.4, 0.5) is 0 Å². The van der Waals surface area contributed by atoms with E-state index in [1.54, 1.807) is 7.11 Å². The van der Waals surface area contributed by atoms with Crippen LogP contribution in [0.25, 0.3) is 39.4 Å². The summed E-state index contributed by atoms with van der Waals surface area (Å²) in [7, 11) is 1.66. The number of ether oxygens (including phenoxy) is 2. The van der Waals surface area contributed by atoms with Gasteiger partial charge in [0.1, 0.15) is 17.2 Å². The summed E-state index contributed by atoms with van der Waals surface area (Å²) >= 11 is 1.31. The number of thiazole rings is 1. The molecule has 0 saturated carbocycles. The zero-order chi connectivity index (χ0) is 29.8. The minimum absolute atomic E-state index is 0.213. The first-order chi connectivity index (χ1) is 21.0. The van der Waals surface area contributed by atoms with Gasteiger partial charge in [-0.25, -0.2) is 4.68 Å². The Kier molecular flexibility index (Phi) is 8.33. The van der Waals surface area contributed by atoms with E-state index in [2.05, 4.69) is 17.0 Å². The van der Waals surface area contributed by atoms with E-state index in [0.29, 0.717) is 21.9 Å². The van der Waals surface area contributed by atoms with Gasteiger partial charge in [-0.15, -0.1) is 5.10 Å². The van der Waals surface area contributed by atoms with Gasteiger partial charge in [0.15, 0.2) is 5.82 Å². The number of para-hydroxylation sites is 1. The van der Waals surface area contributed by atoms with Crippen LogP contribution in [-0.4, -0.2) is 38.1 Å². The first-order valence-corrected chi connectivity index (χ1v) is 15.3. The van der Waals surface area contributed by atoms with E-state index in [4.69, 9.17) is 14.6 Å². The van der Waals surface area contributed by atoms with Crippen molar-refractivity contribution in [3.05, 3.63) is 105 Å². The molecular weight excluding hydrogens is 558 g/mol. The number of hydrogen-bond acceptors (Lipinski definition) is 7. The molecule has 3 aromatic carbocycles. The zero-order valence-corrected chi connectivity index (χ0v) is 25.3. The molecular formula is C34H33N5O3S. The number of nitrogens with zero attached hydrogens (tertiary/aromatic N) is 5. The van der Waals surface area contributed by atoms with Crippen LogP contribution in [-0.2, 0) is 0 Å². The van der Waals surface area contributed by atoms with Gasteiger partial charge in [0, 0.05) is 22.9 Å². The number of methoxy groups -OCH3 is 1. The largest absolute Gasteiger partial charge is 0.496 e. The SMILES string of the molecule is CCCCCCOc1ccc(-c2nc3sc(=Cc4cn(-c5ccccc5)nc4-c4ccc(OC)c(C)c4)c(=O)n3n2)cc1. The average Bonchev–Trinajstić information content (AvgIpc) is 3.73. The standard InChI is InChI=1S/C34H33N5O3S/c1-4-5-6-10-19-42-28-16-13-24(14-17-28)32-35-34-39(37-32)33(40)30(43-34)21-26-22-38(27-11-8-7-9-12-27)36-31(26)25-15-18-29(41-3)23(2)20-25/h7-9,11-18,20-22H,4-6,10,19H2,1-3H3. The van der Waals surface area contributed by atoms with Crippen LogP contribution in [0.15, 0.2) is 83.8 Å². The number of aromatic nitrogens is 5. The number of rotatable bonds is 11. The molecule has 3 aromatic heterocycles. The van der Waals surface area contributed by atoms with Crippen LogP contribution in [0.1, 0.15) is 43.7 Å². The van der Waals surface area contributed by atoms with Crippen LogP contribution >= 0.6 is 11.3 Å². The lowest BCUT2D eigenvalue weighted by Gasteiger charge is -2.06. The Balaban J connectivity index is 1.32. The lowest BCUT2D eigenvalue weighted by molar-refractivity contribution is 0.305. The van der Waals surface area contributed by atoms with E-state index in [0.717, 1.165) is 51.6 Å². The fourth-order valence-electron chi connectivity index (χ4n) is 4.97. The van der Waals surface area contributed by atoms with Crippen molar-refractivity contribution in [1.29, 1.82) is 0 Å². The van der Waals surface area contributed by atoms with Crippen LogP contribution in [0.3, 0.4) is 0 Å². The van der Waals surface area contributed by atoms with Crippen molar-refractivity contribution in [2.45, 2.75) is 39.5 Å². The molecule has 6 aromatic rings. The Bertz CT molecular complexity index is 1960. The van der Waals surface area contributed by atoms with Crippen LogP contribution in [0.2, 0.25) is 0 Å². The Morgan fingerprint density at radius 1 is 0.930 bits per heavy atom. The normalized spacial score (nSPS) is 11.8. The van der Waals surface area contributed by atoms with Gasteiger partial charge < -0.3 is 9.47 Å². The minimum Gasteiger partial charge on any atom is -0.496 e. The lowest BCUT2D eigenvalue weighted by Crippen LogP contribution is -2.23. The van der Waals surface area contributed by atoms with Crippen molar-refractivity contribution in [3.63, 3.8) is 0 Å². The molecule has 0 aliphatic carbocycles. The van der Waals surface area contributed by atoms with Gasteiger partial charge >= 0.3 is 0 Å². The van der Waals surface area contributed by atoms with Crippen molar-refractivity contribution in [3.8, 4) is 39.8 Å². The van der Waals surface area contributed by atoms with Gasteiger partial charge in [-0.2, -0.15) is 14.6 Å². The van der Waals surface area contributed by atoms with Gasteiger partial charge in [-0.05, 0) is 79.6 Å². The van der Waals surface area contributed by atoms with Crippen molar-refractivity contribution in [2.75, 3.05) is 13.7 Å². The van der Waals surface area contributed by atoms with E-state index in [9.17, 15) is 4.79 Å². The highest BCUT2D eigenvalue weighted by Crippen LogP contribution is 2.29. The van der Waals surface area contributed by atoms with E-state index in [1.807, 2.05) is 96.7 Å². The molecule has 3 heterocycles. The molecule has 6 rings (SSSR count). The molecule has 0 saturated heterocycles. The number of fused-ring (bicyclic) bond motifs is 1. The molecule has 0 radical (unpaired) electrons. The molecule has 0 N–H and O–H groups in total. The molecule has 0 atom stereocenters. The van der Waals surface area contributed by atoms with Crippen molar-refractivity contribution in [2.24, 2.45) is 0 Å². The summed E-state index contributed by atoms with van der Waals surface area (Å²) in [5.74, 6) is 2.14. The Hall–Kier alpha value is -4.76. The van der Waals surface area contributed by atoms with Gasteiger partial charge in [-0.1, -0.05) is 55.7 Å². The summed E-state index contributed by atoms with van der Waals surface area (Å²) in [4.78, 5) is 18.7. The zero-order valence-electron chi connectivity index (χ0n) is 24.5. The Morgan fingerprint density at radius 3 is 2.44 bits per heavy atom. The van der Waals surface area contributed by atoms with Gasteiger partial charge in [0.2, 0.25) is 4.96 Å². The summed E-state index contributed by atoms with van der Waals surface area (Å²) in [6.07, 6.45) is 8.48. The van der Waals surface area contributed by atoms with Crippen molar-refractivity contribution in [1.82, 2.24) is 24.4 Å². The molecule has 0 bridgehead atoms. The van der Waals surface area contributed by atoms with Crippen molar-refractivity contribution >= 4 is 22.4 Å². The van der Waals surface area contributed by atoms with Crippen LogP contribution < -0.4 is 19.6 Å². The highest BCUT2D eigenvalue weighted by atomic mass is 32.1. The summed E-state index contributed by atoms with van der Waals surface area (Å²) < 4.78 is 15.1. The summed E-state index contributed by atoms with van der Waals surface area (Å²) in [6.45, 7) is 4.91. The summed E-state index contributed by atoms with van der Waals surface area (Å²) in [5.41, 5.74) is 5.07. The number of hydrogen-bond donors (Lipinski definition) is 0. The molecule has 8 nitrogen and oxygen atoms in total. The fourth-order valence-corrected chi connectivity index (χ4v) is 5.87. The Labute approximate surface area is 253 Å². The van der Waals surface area contributed by atoms with Crippen LogP contribution in [0.5, 0.6) is 11.5 Å². The maximum atomic E-state index is 13.5. The van der Waals surface area contributed by atoms with Gasteiger partial charge in [0.25, 0.3) is 5.56 Å². The number of unbranched alkanes of at least 4 members (excludes halogenated alkanes) is 3. The molecule has 218 valence electrons. The molecule has 43 heavy (non-hydrogen) atoms. The van der Waals surface area contributed by atoms with Crippen molar-refractivity contribution < 1.29 is 9.47 Å². The molecule has 0 aliphatic rings. The monoisotopic (exact) mass is 591 g/mol. The van der Waals surface area contributed by atoms with Gasteiger partial charge in [0.05, 0.1) is 23.9 Å². The van der Waals surface area contributed by atoms with E-state index in [1.165, 1.54) is 35.1 Å². The second kappa shape index (κ2) is 12.6. The highest BCUT2D eigenvalue weighted by Gasteiger charge is 2.16. The maximum Gasteiger partial charge on any atom is 0.291 e. The maximum absolute atomic E-state index is 13.5. The third kappa shape index (κ3) is 6.08. The second-order valence-electron chi connectivity index (χ2n) is 10.4. The highest BCUT2D eigenvalue weighted by molar-refractivity contribution is 7.15. The number of aryl methyl sites for hydroxylation is 1. The lowest BCUT2D eigenvalue weighted by atomic mass is 10.0. The average molecular weight is 592 g/mol. The third-order valence-corrected chi connectivity index (χ3v) is 8.24. The molecule has 0 aliphatic heterocycles. The fraction of sp³-hybridized carbons (Fsp3) is 0.235. The minimum atomic E-state index is -0.213. The summed E-state index contributed by atoms with van der Waals surface area (Å²) in [5, 5.41) is 9.45. The first-order valence-electron chi connectivity index (χ1n) is 14.5. The second-order valence-corrected chi connectivity index (χ2v) is 11.4. The Morgan fingerprint density at radius 2 is 1.72 bits per heavy atom. The molecule has 0 unspecified atom stereocenters.